The van der Waals surface area contributed by atoms with Crippen molar-refractivity contribution in [3.8, 4) is 17.2 Å². The third kappa shape index (κ3) is 6.21. The van der Waals surface area contributed by atoms with Gasteiger partial charge in [-0.25, -0.2) is 4.98 Å². The maximum absolute atomic E-state index is 12.3. The first-order valence-electron chi connectivity index (χ1n) is 10.5. The van der Waals surface area contributed by atoms with E-state index in [2.05, 4.69) is 29.4 Å². The summed E-state index contributed by atoms with van der Waals surface area (Å²) in [6.07, 6.45) is 3.83. The molecular weight excluding hydrogens is 376 g/mol. The summed E-state index contributed by atoms with van der Waals surface area (Å²) in [5.41, 5.74) is 3.08. The molecule has 1 unspecified atom stereocenters. The Balaban J connectivity index is 1.44. The van der Waals surface area contributed by atoms with Gasteiger partial charge in [-0.1, -0.05) is 36.4 Å². The van der Waals surface area contributed by atoms with Gasteiger partial charge in [-0.15, -0.1) is 0 Å². The van der Waals surface area contributed by atoms with Crippen molar-refractivity contribution < 1.29 is 13.9 Å². The molecule has 0 aliphatic carbocycles. The van der Waals surface area contributed by atoms with Crippen molar-refractivity contribution in [1.29, 1.82) is 0 Å². The average molecular weight is 407 g/mol. The summed E-state index contributed by atoms with van der Waals surface area (Å²) in [4.78, 5) is 16.9. The minimum Gasteiger partial charge on any atom is -0.497 e. The summed E-state index contributed by atoms with van der Waals surface area (Å²) in [5.74, 6) is 2.23. The monoisotopic (exact) mass is 406 g/mol. The van der Waals surface area contributed by atoms with Crippen LogP contribution in [0.25, 0.3) is 11.5 Å². The van der Waals surface area contributed by atoms with E-state index in [1.54, 1.807) is 7.11 Å². The third-order valence-electron chi connectivity index (χ3n) is 5.14. The van der Waals surface area contributed by atoms with E-state index < -0.39 is 0 Å². The number of hydrogen-bond donors (Lipinski definition) is 1. The number of rotatable bonds is 10. The Labute approximate surface area is 178 Å². The maximum atomic E-state index is 12.3. The van der Waals surface area contributed by atoms with Gasteiger partial charge in [0, 0.05) is 18.0 Å². The molecule has 0 radical (unpaired) electrons. The van der Waals surface area contributed by atoms with E-state index in [0.29, 0.717) is 18.7 Å². The minimum absolute atomic E-state index is 0.0877. The molecule has 1 atom stereocenters. The molecule has 0 saturated carbocycles. The molecule has 0 fully saturated rings. The normalized spacial score (nSPS) is 11.8. The lowest BCUT2D eigenvalue weighted by atomic mass is 10.1. The summed E-state index contributed by atoms with van der Waals surface area (Å²) in [5, 5.41) is 3.10. The van der Waals surface area contributed by atoms with Crippen LogP contribution < -0.4 is 10.1 Å². The number of benzene rings is 2. The van der Waals surface area contributed by atoms with Gasteiger partial charge in [-0.2, -0.15) is 0 Å². The summed E-state index contributed by atoms with van der Waals surface area (Å²) in [6, 6.07) is 18.2. The number of ether oxygens (including phenoxy) is 1. The van der Waals surface area contributed by atoms with Crippen molar-refractivity contribution in [2.45, 2.75) is 52.0 Å². The molecule has 5 heteroatoms. The summed E-state index contributed by atoms with van der Waals surface area (Å²) in [7, 11) is 1.64. The van der Waals surface area contributed by atoms with Crippen LogP contribution in [0.4, 0.5) is 0 Å². The van der Waals surface area contributed by atoms with E-state index in [1.165, 1.54) is 5.56 Å². The molecule has 30 heavy (non-hydrogen) atoms. The second-order valence-corrected chi connectivity index (χ2v) is 7.60. The molecule has 158 valence electrons. The molecule has 1 heterocycles. The van der Waals surface area contributed by atoms with E-state index >= 15 is 0 Å². The fraction of sp³-hybridized carbons (Fsp3) is 0.360. The first kappa shape index (κ1) is 21.6. The zero-order chi connectivity index (χ0) is 21.3. The van der Waals surface area contributed by atoms with Crippen LogP contribution in [0.15, 0.2) is 59.0 Å². The number of carbonyl (C=O) groups excluding carboxylic acids is 1. The van der Waals surface area contributed by atoms with Gasteiger partial charge >= 0.3 is 0 Å². The topological polar surface area (TPSA) is 64.4 Å². The second kappa shape index (κ2) is 10.6. The quantitative estimate of drug-likeness (QED) is 0.508. The standard InChI is InChI=1S/C25H30N2O3/c1-18(15-16-20-9-5-4-6-10-20)26-24(28)14-8-13-23-19(2)30-25(27-23)21-11-7-12-22(17-21)29-3/h4-7,9-12,17-18H,8,13-16H2,1-3H3,(H,26,28). The Morgan fingerprint density at radius 1 is 1.13 bits per heavy atom. The summed E-state index contributed by atoms with van der Waals surface area (Å²) < 4.78 is 11.1. The van der Waals surface area contributed by atoms with Gasteiger partial charge < -0.3 is 14.5 Å². The van der Waals surface area contributed by atoms with Crippen LogP contribution in [-0.4, -0.2) is 24.0 Å². The van der Waals surface area contributed by atoms with E-state index in [1.807, 2.05) is 49.4 Å². The highest BCUT2D eigenvalue weighted by Crippen LogP contribution is 2.25. The molecule has 1 N–H and O–H groups in total. The number of aryl methyl sites for hydroxylation is 3. The van der Waals surface area contributed by atoms with Crippen LogP contribution in [0.3, 0.4) is 0 Å². The van der Waals surface area contributed by atoms with Gasteiger partial charge in [0.05, 0.1) is 12.8 Å². The minimum atomic E-state index is 0.0877. The predicted octanol–water partition coefficient (Wildman–Crippen LogP) is 5.12. The van der Waals surface area contributed by atoms with Crippen LogP contribution >= 0.6 is 0 Å². The van der Waals surface area contributed by atoms with Crippen molar-refractivity contribution in [3.63, 3.8) is 0 Å². The molecule has 1 aromatic heterocycles. The highest BCUT2D eigenvalue weighted by Gasteiger charge is 2.13. The molecular formula is C25H30N2O3. The number of aromatic nitrogens is 1. The van der Waals surface area contributed by atoms with E-state index in [-0.39, 0.29) is 11.9 Å². The number of hydrogen-bond acceptors (Lipinski definition) is 4. The van der Waals surface area contributed by atoms with Crippen LogP contribution in [-0.2, 0) is 17.6 Å². The van der Waals surface area contributed by atoms with Gasteiger partial charge in [0.2, 0.25) is 11.8 Å². The number of nitrogens with zero attached hydrogens (tertiary/aromatic N) is 1. The third-order valence-corrected chi connectivity index (χ3v) is 5.14. The number of carbonyl (C=O) groups is 1. The fourth-order valence-corrected chi connectivity index (χ4v) is 3.40. The molecule has 0 bridgehead atoms. The van der Waals surface area contributed by atoms with Gasteiger partial charge in [0.1, 0.15) is 11.5 Å². The summed E-state index contributed by atoms with van der Waals surface area (Å²) >= 11 is 0. The Kier molecular flexibility index (Phi) is 7.66. The van der Waals surface area contributed by atoms with Crippen molar-refractivity contribution in [2.75, 3.05) is 7.11 Å². The zero-order valence-corrected chi connectivity index (χ0v) is 18.0. The second-order valence-electron chi connectivity index (χ2n) is 7.60. The highest BCUT2D eigenvalue weighted by atomic mass is 16.5. The molecule has 1 amide bonds. The lowest BCUT2D eigenvalue weighted by molar-refractivity contribution is -0.121. The van der Waals surface area contributed by atoms with Gasteiger partial charge in [-0.05, 0) is 63.3 Å². The van der Waals surface area contributed by atoms with Crippen LogP contribution in [0.1, 0.15) is 43.2 Å². The zero-order valence-electron chi connectivity index (χ0n) is 18.0. The van der Waals surface area contributed by atoms with Crippen molar-refractivity contribution in [3.05, 3.63) is 71.6 Å². The van der Waals surface area contributed by atoms with Crippen LogP contribution in [0.2, 0.25) is 0 Å². The van der Waals surface area contributed by atoms with Crippen molar-refractivity contribution in [2.24, 2.45) is 0 Å². The molecule has 3 aromatic rings. The van der Waals surface area contributed by atoms with Crippen LogP contribution in [0.5, 0.6) is 5.75 Å². The molecule has 0 spiro atoms. The maximum Gasteiger partial charge on any atom is 0.226 e. The van der Waals surface area contributed by atoms with E-state index in [0.717, 1.165) is 42.0 Å². The highest BCUT2D eigenvalue weighted by molar-refractivity contribution is 5.76. The number of amides is 1. The number of oxazole rings is 1. The molecule has 3 rings (SSSR count). The number of nitrogens with one attached hydrogen (secondary N) is 1. The van der Waals surface area contributed by atoms with E-state index in [9.17, 15) is 4.79 Å². The van der Waals surface area contributed by atoms with Gasteiger partial charge in [0.25, 0.3) is 0 Å². The molecule has 5 nitrogen and oxygen atoms in total. The van der Waals surface area contributed by atoms with Gasteiger partial charge in [-0.3, -0.25) is 4.79 Å². The molecule has 2 aromatic carbocycles. The lowest BCUT2D eigenvalue weighted by Crippen LogP contribution is -2.32. The molecule has 0 aliphatic heterocycles. The van der Waals surface area contributed by atoms with E-state index in [4.69, 9.17) is 9.15 Å². The first-order valence-corrected chi connectivity index (χ1v) is 10.5. The van der Waals surface area contributed by atoms with Gasteiger partial charge in [0.15, 0.2) is 0 Å². The Morgan fingerprint density at radius 2 is 1.93 bits per heavy atom. The average Bonchev–Trinajstić information content (AvgIpc) is 3.13. The molecule has 0 aliphatic rings. The van der Waals surface area contributed by atoms with Crippen LogP contribution in [0, 0.1) is 6.92 Å². The lowest BCUT2D eigenvalue weighted by Gasteiger charge is -2.13. The Morgan fingerprint density at radius 3 is 2.70 bits per heavy atom. The Hall–Kier alpha value is -3.08. The van der Waals surface area contributed by atoms with Crippen molar-refractivity contribution in [1.82, 2.24) is 10.3 Å². The fourth-order valence-electron chi connectivity index (χ4n) is 3.40. The summed E-state index contributed by atoms with van der Waals surface area (Å²) in [6.45, 7) is 3.97. The smallest absolute Gasteiger partial charge is 0.226 e. The largest absolute Gasteiger partial charge is 0.497 e. The first-order chi connectivity index (χ1) is 14.5. The number of methoxy groups -OCH3 is 1. The Bertz CT molecular complexity index is 950. The molecule has 0 saturated heterocycles. The predicted molar refractivity (Wildman–Crippen MR) is 119 cm³/mol. The SMILES string of the molecule is COc1cccc(-c2nc(CCCC(=O)NC(C)CCc3ccccc3)c(C)o2)c1. The van der Waals surface area contributed by atoms with Crippen molar-refractivity contribution >= 4 is 5.91 Å².